The lowest BCUT2D eigenvalue weighted by Crippen LogP contribution is -2.65. The Bertz CT molecular complexity index is 1830. The summed E-state index contributed by atoms with van der Waals surface area (Å²) >= 11 is 0. The Labute approximate surface area is 251 Å². The van der Waals surface area contributed by atoms with E-state index in [1.807, 2.05) is 0 Å². The number of carbonyl (C=O) groups is 4. The summed E-state index contributed by atoms with van der Waals surface area (Å²) in [5.74, 6) is -3.00. The molecule has 6 rings (SSSR count). The number of ether oxygens (including phenoxy) is 1. The minimum absolute atomic E-state index is 0.00798. The number of carbonyl (C=O) groups excluding carboxylic acids is 4. The molecule has 0 aliphatic carbocycles. The summed E-state index contributed by atoms with van der Waals surface area (Å²) in [6.07, 6.45) is 2.49. The zero-order valence-electron chi connectivity index (χ0n) is 23.9. The summed E-state index contributed by atoms with van der Waals surface area (Å²) in [4.78, 5) is 74.7. The highest BCUT2D eigenvalue weighted by Gasteiger charge is 2.66. The molecule has 0 saturated heterocycles. The summed E-state index contributed by atoms with van der Waals surface area (Å²) in [6.45, 7) is 1.20. The molecule has 14 heteroatoms. The molecule has 0 bridgehead atoms. The van der Waals surface area contributed by atoms with Crippen molar-refractivity contribution in [1.82, 2.24) is 19.9 Å². The van der Waals surface area contributed by atoms with Crippen LogP contribution in [0.5, 0.6) is 0 Å². The first kappa shape index (κ1) is 28.8. The summed E-state index contributed by atoms with van der Waals surface area (Å²) < 4.78 is 3.68. The second kappa shape index (κ2) is 11.1. The molecule has 0 radical (unpaired) electrons. The highest BCUT2D eigenvalue weighted by Crippen LogP contribution is 2.38. The SMILES string of the molecule is COC(=O)[C@H](CCCN)[N+]1(C(=O)c2ccc3c(c2)CCN3Cc2cnc3nc(N)nc(N)c3n2)C(=O)c2ccccc2C1=O. The number of quaternary nitrogens is 1. The van der Waals surface area contributed by atoms with Gasteiger partial charge in [0.1, 0.15) is 0 Å². The summed E-state index contributed by atoms with van der Waals surface area (Å²) in [5, 5.41) is 0. The van der Waals surface area contributed by atoms with Crippen molar-refractivity contribution >= 4 is 52.3 Å². The van der Waals surface area contributed by atoms with Crippen LogP contribution in [0.2, 0.25) is 0 Å². The predicted octanol–water partition coefficient (Wildman–Crippen LogP) is 1.38. The highest BCUT2D eigenvalue weighted by atomic mass is 16.5. The fourth-order valence-electron chi connectivity index (χ4n) is 6.08. The van der Waals surface area contributed by atoms with Gasteiger partial charge in [-0.2, -0.15) is 9.97 Å². The standard InChI is InChI=1S/C30H30N9O5/c1-44-29(43)22(7-4-11-31)39(27(41)19-5-2-3-6-20(19)28(39)42)26(40)17-8-9-21-16(13-17)10-12-38(21)15-18-14-34-25-23(35-18)24(32)36-30(33)37-25/h2-3,5-6,8-9,13-14,22H,4,7,10-12,15,31H2,1H3,(H4,32,33,34,36,37)/q+1/t22-/m0/s1. The molecule has 0 unspecified atom stereocenters. The van der Waals surface area contributed by atoms with Crippen LogP contribution in [-0.2, 0) is 22.5 Å². The van der Waals surface area contributed by atoms with E-state index in [9.17, 15) is 19.2 Å². The monoisotopic (exact) mass is 596 g/mol. The van der Waals surface area contributed by atoms with Crippen LogP contribution in [0.15, 0.2) is 48.7 Å². The van der Waals surface area contributed by atoms with E-state index in [1.165, 1.54) is 12.1 Å². The fraction of sp³-hybridized carbons (Fsp3) is 0.267. The van der Waals surface area contributed by atoms with Gasteiger partial charge in [-0.3, -0.25) is 0 Å². The summed E-state index contributed by atoms with van der Waals surface area (Å²) in [5.41, 5.74) is 20.6. The van der Waals surface area contributed by atoms with E-state index in [0.717, 1.165) is 18.4 Å². The number of nitrogen functional groups attached to an aromatic ring is 2. The third kappa shape index (κ3) is 4.42. The molecular formula is C30H30N9O5+. The number of benzene rings is 2. The Kier molecular flexibility index (Phi) is 7.23. The molecule has 6 N–H and O–H groups in total. The maximum Gasteiger partial charge on any atom is 0.366 e. The molecule has 14 nitrogen and oxygen atoms in total. The number of fused-ring (bicyclic) bond motifs is 3. The van der Waals surface area contributed by atoms with Crippen molar-refractivity contribution in [1.29, 1.82) is 0 Å². The molecule has 0 spiro atoms. The second-order valence-electron chi connectivity index (χ2n) is 10.7. The molecule has 0 saturated carbocycles. The van der Waals surface area contributed by atoms with Crippen LogP contribution < -0.4 is 22.1 Å². The number of imide groups is 3. The van der Waals surface area contributed by atoms with Crippen molar-refractivity contribution < 1.29 is 28.4 Å². The molecule has 2 aliphatic rings. The third-order valence-electron chi connectivity index (χ3n) is 8.14. The maximum absolute atomic E-state index is 14.5. The van der Waals surface area contributed by atoms with Crippen LogP contribution in [-0.4, -0.2) is 74.4 Å². The molecule has 3 amide bonds. The van der Waals surface area contributed by atoms with Gasteiger partial charge >= 0.3 is 23.7 Å². The van der Waals surface area contributed by atoms with Gasteiger partial charge in [-0.05, 0) is 55.3 Å². The number of esters is 1. The number of aromatic nitrogens is 4. The minimum Gasteiger partial charge on any atom is -0.465 e. The Morgan fingerprint density at radius 1 is 1.05 bits per heavy atom. The smallest absolute Gasteiger partial charge is 0.366 e. The molecule has 2 aromatic carbocycles. The maximum atomic E-state index is 14.5. The number of anilines is 3. The van der Waals surface area contributed by atoms with Crippen LogP contribution in [0, 0.1) is 0 Å². The van der Waals surface area contributed by atoms with Crippen LogP contribution in [0.1, 0.15) is 55.2 Å². The second-order valence-corrected chi connectivity index (χ2v) is 10.7. The quantitative estimate of drug-likeness (QED) is 0.149. The van der Waals surface area contributed by atoms with Crippen molar-refractivity contribution in [3.63, 3.8) is 0 Å². The first-order valence-electron chi connectivity index (χ1n) is 14.0. The van der Waals surface area contributed by atoms with Gasteiger partial charge in [0.15, 0.2) is 17.0 Å². The number of hydrogen-bond donors (Lipinski definition) is 3. The first-order chi connectivity index (χ1) is 21.2. The van der Waals surface area contributed by atoms with Gasteiger partial charge < -0.3 is 26.8 Å². The minimum atomic E-state index is -1.40. The number of nitrogens with zero attached hydrogens (tertiary/aromatic N) is 6. The molecule has 2 aliphatic heterocycles. The molecule has 2 aromatic heterocycles. The molecule has 0 fully saturated rings. The van der Waals surface area contributed by atoms with Gasteiger partial charge in [-0.1, -0.05) is 12.1 Å². The normalized spacial score (nSPS) is 15.7. The lowest BCUT2D eigenvalue weighted by molar-refractivity contribution is -0.697. The van der Waals surface area contributed by atoms with E-state index in [0.29, 0.717) is 42.8 Å². The number of nitrogens with two attached hydrogens (primary N) is 3. The van der Waals surface area contributed by atoms with Crippen molar-refractivity contribution in [3.05, 3.63) is 76.6 Å². The van der Waals surface area contributed by atoms with Crippen LogP contribution >= 0.6 is 0 Å². The predicted molar refractivity (Wildman–Crippen MR) is 159 cm³/mol. The van der Waals surface area contributed by atoms with E-state index >= 15 is 0 Å². The lowest BCUT2D eigenvalue weighted by Gasteiger charge is -2.32. The Morgan fingerprint density at radius 3 is 2.45 bits per heavy atom. The van der Waals surface area contributed by atoms with Crippen LogP contribution in [0.25, 0.3) is 11.2 Å². The van der Waals surface area contributed by atoms with E-state index in [1.54, 1.807) is 36.5 Å². The van der Waals surface area contributed by atoms with Gasteiger partial charge in [0.2, 0.25) is 12.0 Å². The third-order valence-corrected chi connectivity index (χ3v) is 8.14. The molecule has 4 heterocycles. The molecular weight excluding hydrogens is 566 g/mol. The van der Waals surface area contributed by atoms with Gasteiger partial charge in [-0.25, -0.2) is 29.1 Å². The number of amides is 3. The van der Waals surface area contributed by atoms with Crippen molar-refractivity contribution in [2.45, 2.75) is 31.8 Å². The van der Waals surface area contributed by atoms with Crippen molar-refractivity contribution in [3.8, 4) is 0 Å². The molecule has 4 aromatic rings. The summed E-state index contributed by atoms with van der Waals surface area (Å²) in [7, 11) is 1.16. The number of hydrogen-bond acceptors (Lipinski definition) is 13. The Morgan fingerprint density at radius 2 is 1.77 bits per heavy atom. The zero-order chi connectivity index (χ0) is 31.2. The first-order valence-corrected chi connectivity index (χ1v) is 14.0. The lowest BCUT2D eigenvalue weighted by atomic mass is 10.0. The van der Waals surface area contributed by atoms with Gasteiger partial charge in [0.05, 0.1) is 42.2 Å². The van der Waals surface area contributed by atoms with E-state index < -0.39 is 34.2 Å². The van der Waals surface area contributed by atoms with Gasteiger partial charge in [0.25, 0.3) is 0 Å². The number of methoxy groups -OCH3 is 1. The van der Waals surface area contributed by atoms with Gasteiger partial charge in [0, 0.05) is 18.7 Å². The van der Waals surface area contributed by atoms with Crippen LogP contribution in [0.3, 0.4) is 0 Å². The fourth-order valence-corrected chi connectivity index (χ4v) is 6.08. The molecule has 44 heavy (non-hydrogen) atoms. The van der Waals surface area contributed by atoms with E-state index in [4.69, 9.17) is 21.9 Å². The molecule has 224 valence electrons. The average molecular weight is 597 g/mol. The van der Waals surface area contributed by atoms with E-state index in [-0.39, 0.29) is 41.4 Å². The van der Waals surface area contributed by atoms with E-state index in [2.05, 4.69) is 24.8 Å². The number of rotatable bonds is 8. The topological polar surface area (TPSA) is 210 Å². The molecule has 1 atom stereocenters. The largest absolute Gasteiger partial charge is 0.465 e. The van der Waals surface area contributed by atoms with Crippen molar-refractivity contribution in [2.75, 3.05) is 36.6 Å². The zero-order valence-corrected chi connectivity index (χ0v) is 23.9. The Balaban J connectivity index is 1.36. The highest BCUT2D eigenvalue weighted by molar-refractivity contribution is 6.22. The van der Waals surface area contributed by atoms with Crippen molar-refractivity contribution in [2.24, 2.45) is 5.73 Å². The van der Waals surface area contributed by atoms with Crippen LogP contribution in [0.4, 0.5) is 17.5 Å². The Hall–Kier alpha value is -5.34. The summed E-state index contributed by atoms with van der Waals surface area (Å²) in [6, 6.07) is 9.83. The average Bonchev–Trinajstić information content (AvgIpc) is 3.53. The van der Waals surface area contributed by atoms with Gasteiger partial charge in [-0.15, -0.1) is 4.48 Å².